The molecule has 0 aliphatic carbocycles. The molecule has 0 atom stereocenters. The first-order valence-electron chi connectivity index (χ1n) is 7.25. The Morgan fingerprint density at radius 2 is 2.08 bits per heavy atom. The zero-order valence-corrected chi connectivity index (χ0v) is 15.5. The molecule has 8 heteroatoms. The number of nitrogens with zero attached hydrogens (tertiary/aromatic N) is 2. The SMILES string of the molecule is COc1c(Cl)ccc(Cl)c1C(=O)NCc1csc(-c2cccnc2)n1. The van der Waals surface area contributed by atoms with Crippen LogP contribution >= 0.6 is 34.5 Å². The van der Waals surface area contributed by atoms with E-state index in [9.17, 15) is 4.79 Å². The standard InChI is InChI=1S/C17H13Cl2N3O2S/c1-24-15-13(19)5-4-12(18)14(15)16(23)21-8-11-9-25-17(22-11)10-3-2-6-20-7-10/h2-7,9H,8H2,1H3,(H,21,23). The van der Waals surface area contributed by atoms with Gasteiger partial charge in [0.1, 0.15) is 10.6 Å². The lowest BCUT2D eigenvalue weighted by atomic mass is 10.2. The van der Waals surface area contributed by atoms with Crippen molar-refractivity contribution in [3.63, 3.8) is 0 Å². The minimum atomic E-state index is -0.375. The molecule has 128 valence electrons. The maximum Gasteiger partial charge on any atom is 0.256 e. The highest BCUT2D eigenvalue weighted by atomic mass is 35.5. The van der Waals surface area contributed by atoms with Gasteiger partial charge in [0.15, 0.2) is 5.75 Å². The number of carbonyl (C=O) groups is 1. The second-order valence-electron chi connectivity index (χ2n) is 5.01. The molecule has 3 rings (SSSR count). The van der Waals surface area contributed by atoms with Crippen molar-refractivity contribution < 1.29 is 9.53 Å². The Hall–Kier alpha value is -2.15. The number of hydrogen-bond acceptors (Lipinski definition) is 5. The molecule has 0 radical (unpaired) electrons. The molecule has 2 heterocycles. The first-order valence-corrected chi connectivity index (χ1v) is 8.88. The van der Waals surface area contributed by atoms with E-state index in [1.54, 1.807) is 24.5 Å². The Labute approximate surface area is 158 Å². The van der Waals surface area contributed by atoms with E-state index in [0.29, 0.717) is 5.02 Å². The van der Waals surface area contributed by atoms with E-state index < -0.39 is 0 Å². The maximum atomic E-state index is 12.5. The van der Waals surface area contributed by atoms with Gasteiger partial charge in [-0.2, -0.15) is 0 Å². The molecule has 0 bridgehead atoms. The second kappa shape index (κ2) is 7.82. The first kappa shape index (κ1) is 17.7. The van der Waals surface area contributed by atoms with Crippen molar-refractivity contribution in [1.82, 2.24) is 15.3 Å². The van der Waals surface area contributed by atoms with Gasteiger partial charge in [-0.1, -0.05) is 23.2 Å². The predicted molar refractivity (Wildman–Crippen MR) is 99.5 cm³/mol. The normalized spacial score (nSPS) is 10.5. The first-order chi connectivity index (χ1) is 12.1. The van der Waals surface area contributed by atoms with Crippen molar-refractivity contribution in [2.24, 2.45) is 0 Å². The molecule has 0 saturated heterocycles. The molecule has 3 aromatic rings. The van der Waals surface area contributed by atoms with Crippen molar-refractivity contribution in [2.45, 2.75) is 6.54 Å². The Morgan fingerprint density at radius 1 is 1.28 bits per heavy atom. The lowest BCUT2D eigenvalue weighted by Gasteiger charge is -2.11. The monoisotopic (exact) mass is 393 g/mol. The average Bonchev–Trinajstić information content (AvgIpc) is 3.11. The van der Waals surface area contributed by atoms with Crippen LogP contribution in [0.25, 0.3) is 10.6 Å². The summed E-state index contributed by atoms with van der Waals surface area (Å²) in [6.07, 6.45) is 3.46. The molecule has 0 unspecified atom stereocenters. The van der Waals surface area contributed by atoms with E-state index in [2.05, 4.69) is 15.3 Å². The molecule has 2 aromatic heterocycles. The van der Waals surface area contributed by atoms with Gasteiger partial charge in [-0.3, -0.25) is 9.78 Å². The smallest absolute Gasteiger partial charge is 0.256 e. The molecule has 0 aliphatic rings. The van der Waals surface area contributed by atoms with Crippen molar-refractivity contribution >= 4 is 40.4 Å². The van der Waals surface area contributed by atoms with Gasteiger partial charge < -0.3 is 10.1 Å². The van der Waals surface area contributed by atoms with Gasteiger partial charge in [-0.15, -0.1) is 11.3 Å². The Bertz CT molecular complexity index is 900. The summed E-state index contributed by atoms with van der Waals surface area (Å²) in [4.78, 5) is 21.1. The fourth-order valence-corrected chi connectivity index (χ4v) is 3.49. The number of hydrogen-bond donors (Lipinski definition) is 1. The van der Waals surface area contributed by atoms with Gasteiger partial charge >= 0.3 is 0 Å². The number of pyridine rings is 1. The summed E-state index contributed by atoms with van der Waals surface area (Å²) in [6, 6.07) is 6.93. The number of carbonyl (C=O) groups excluding carboxylic acids is 1. The minimum absolute atomic E-state index is 0.208. The third-order valence-corrected chi connectivity index (χ3v) is 4.93. The number of nitrogens with one attached hydrogen (secondary N) is 1. The highest BCUT2D eigenvalue weighted by Gasteiger charge is 2.19. The number of benzene rings is 1. The molecule has 0 fully saturated rings. The molecule has 1 amide bonds. The highest BCUT2D eigenvalue weighted by Crippen LogP contribution is 2.33. The van der Waals surface area contributed by atoms with Crippen LogP contribution < -0.4 is 10.1 Å². The number of methoxy groups -OCH3 is 1. The van der Waals surface area contributed by atoms with Crippen molar-refractivity contribution in [3.05, 3.63) is 63.3 Å². The fourth-order valence-electron chi connectivity index (χ4n) is 2.21. The highest BCUT2D eigenvalue weighted by molar-refractivity contribution is 7.13. The summed E-state index contributed by atoms with van der Waals surface area (Å²) in [5.41, 5.74) is 1.89. The Balaban J connectivity index is 1.74. The largest absolute Gasteiger partial charge is 0.494 e. The summed E-state index contributed by atoms with van der Waals surface area (Å²) >= 11 is 13.7. The van der Waals surface area contributed by atoms with Crippen molar-refractivity contribution in [2.75, 3.05) is 7.11 Å². The van der Waals surface area contributed by atoms with E-state index in [1.165, 1.54) is 18.4 Å². The van der Waals surface area contributed by atoms with E-state index in [-0.39, 0.29) is 28.8 Å². The van der Waals surface area contributed by atoms with Crippen LogP contribution in [-0.4, -0.2) is 23.0 Å². The zero-order chi connectivity index (χ0) is 17.8. The van der Waals surface area contributed by atoms with Gasteiger partial charge in [0, 0.05) is 23.3 Å². The number of amides is 1. The molecule has 25 heavy (non-hydrogen) atoms. The van der Waals surface area contributed by atoms with E-state index in [4.69, 9.17) is 27.9 Å². The predicted octanol–water partition coefficient (Wildman–Crippen LogP) is 4.45. The second-order valence-corrected chi connectivity index (χ2v) is 6.68. The third kappa shape index (κ3) is 3.92. The Morgan fingerprint density at radius 3 is 2.80 bits per heavy atom. The van der Waals surface area contributed by atoms with Crippen LogP contribution in [0.2, 0.25) is 10.0 Å². The van der Waals surface area contributed by atoms with Crippen LogP contribution in [-0.2, 0) is 6.54 Å². The molecule has 1 aromatic carbocycles. The van der Waals surface area contributed by atoms with Crippen LogP contribution in [0.4, 0.5) is 0 Å². The van der Waals surface area contributed by atoms with Crippen molar-refractivity contribution in [3.8, 4) is 16.3 Å². The molecule has 0 saturated carbocycles. The number of ether oxygens (including phenoxy) is 1. The fraction of sp³-hybridized carbons (Fsp3) is 0.118. The van der Waals surface area contributed by atoms with E-state index in [0.717, 1.165) is 16.3 Å². The van der Waals surface area contributed by atoms with Crippen LogP contribution in [0, 0.1) is 0 Å². The van der Waals surface area contributed by atoms with E-state index >= 15 is 0 Å². The number of rotatable bonds is 5. The van der Waals surface area contributed by atoms with Gasteiger partial charge in [0.25, 0.3) is 5.91 Å². The molecule has 0 aliphatic heterocycles. The van der Waals surface area contributed by atoms with Gasteiger partial charge in [-0.25, -0.2) is 4.98 Å². The van der Waals surface area contributed by atoms with E-state index in [1.807, 2.05) is 17.5 Å². The van der Waals surface area contributed by atoms with Crippen LogP contribution in [0.3, 0.4) is 0 Å². The van der Waals surface area contributed by atoms with Gasteiger partial charge in [0.2, 0.25) is 0 Å². The number of thiazole rings is 1. The van der Waals surface area contributed by atoms with Crippen LogP contribution in [0.15, 0.2) is 42.0 Å². The summed E-state index contributed by atoms with van der Waals surface area (Å²) in [5.74, 6) is -0.124. The lowest BCUT2D eigenvalue weighted by molar-refractivity contribution is 0.0947. The summed E-state index contributed by atoms with van der Waals surface area (Å²) < 4.78 is 5.19. The molecular weight excluding hydrogens is 381 g/mol. The molecule has 5 nitrogen and oxygen atoms in total. The average molecular weight is 394 g/mol. The number of aromatic nitrogens is 2. The minimum Gasteiger partial charge on any atom is -0.494 e. The van der Waals surface area contributed by atoms with Gasteiger partial charge in [0.05, 0.1) is 29.4 Å². The van der Waals surface area contributed by atoms with Crippen molar-refractivity contribution in [1.29, 1.82) is 0 Å². The van der Waals surface area contributed by atoms with Crippen LogP contribution in [0.1, 0.15) is 16.1 Å². The third-order valence-electron chi connectivity index (χ3n) is 3.38. The summed E-state index contributed by atoms with van der Waals surface area (Å²) in [5, 5.41) is 6.12. The van der Waals surface area contributed by atoms with Crippen LogP contribution in [0.5, 0.6) is 5.75 Å². The summed E-state index contributed by atoms with van der Waals surface area (Å²) in [7, 11) is 1.44. The Kier molecular flexibility index (Phi) is 5.53. The molecule has 0 spiro atoms. The van der Waals surface area contributed by atoms with Gasteiger partial charge in [-0.05, 0) is 24.3 Å². The summed E-state index contributed by atoms with van der Waals surface area (Å²) in [6.45, 7) is 0.265. The number of halogens is 2. The lowest BCUT2D eigenvalue weighted by Crippen LogP contribution is -2.24. The topological polar surface area (TPSA) is 64.1 Å². The zero-order valence-electron chi connectivity index (χ0n) is 13.1. The maximum absolute atomic E-state index is 12.5. The molecular formula is C17H13Cl2N3O2S. The quantitative estimate of drug-likeness (QED) is 0.695. The molecule has 1 N–H and O–H groups in total.